The Morgan fingerprint density at radius 2 is 1.81 bits per heavy atom. The molecule has 0 bridgehead atoms. The third-order valence-corrected chi connectivity index (χ3v) is 5.14. The fourth-order valence-corrected chi connectivity index (χ4v) is 3.32. The van der Waals surface area contributed by atoms with Gasteiger partial charge in [-0.3, -0.25) is 4.90 Å². The number of carboxylic acid groups (broad SMARTS) is 1. The zero-order chi connectivity index (χ0) is 19.6. The standard InChI is InChI=1S/C15H24N4O.C2HF3O2/c1-20-10-14-15-13(6-7-18(14)8-11-2-3-11)19(17-16-15)9-12-4-5-12;3-2(4,5)1(6)7/h11-12,14H,2-10H2,1H3;(H,6,7). The van der Waals surface area contributed by atoms with Crippen molar-refractivity contribution in [2.24, 2.45) is 11.8 Å². The van der Waals surface area contributed by atoms with Gasteiger partial charge in [0.1, 0.15) is 5.69 Å². The molecule has 1 N–H and O–H groups in total. The lowest BCUT2D eigenvalue weighted by molar-refractivity contribution is -0.192. The van der Waals surface area contributed by atoms with Crippen molar-refractivity contribution in [1.29, 1.82) is 0 Å². The van der Waals surface area contributed by atoms with Gasteiger partial charge in [0.25, 0.3) is 0 Å². The fraction of sp³-hybridized carbons (Fsp3) is 0.824. The third-order valence-electron chi connectivity index (χ3n) is 5.14. The van der Waals surface area contributed by atoms with Crippen LogP contribution in [-0.2, 0) is 22.5 Å². The zero-order valence-corrected chi connectivity index (χ0v) is 15.3. The lowest BCUT2D eigenvalue weighted by Crippen LogP contribution is -2.39. The Labute approximate surface area is 155 Å². The minimum atomic E-state index is -5.08. The number of alkyl halides is 3. The van der Waals surface area contributed by atoms with Crippen LogP contribution in [0.3, 0.4) is 0 Å². The summed E-state index contributed by atoms with van der Waals surface area (Å²) in [6.45, 7) is 4.16. The minimum Gasteiger partial charge on any atom is -0.475 e. The van der Waals surface area contributed by atoms with Crippen molar-refractivity contribution in [2.45, 2.75) is 50.9 Å². The zero-order valence-electron chi connectivity index (χ0n) is 15.3. The van der Waals surface area contributed by atoms with Crippen molar-refractivity contribution in [3.8, 4) is 0 Å². The molecule has 1 aromatic rings. The number of halogens is 3. The van der Waals surface area contributed by atoms with Gasteiger partial charge >= 0.3 is 12.1 Å². The summed E-state index contributed by atoms with van der Waals surface area (Å²) in [7, 11) is 1.79. The molecule has 0 radical (unpaired) electrons. The number of aromatic nitrogens is 3. The van der Waals surface area contributed by atoms with Gasteiger partial charge in [0, 0.05) is 33.2 Å². The molecule has 2 aliphatic carbocycles. The highest BCUT2D eigenvalue weighted by Gasteiger charge is 2.38. The molecule has 2 heterocycles. The molecule has 27 heavy (non-hydrogen) atoms. The highest BCUT2D eigenvalue weighted by Crippen LogP contribution is 2.36. The van der Waals surface area contributed by atoms with Crippen LogP contribution in [-0.4, -0.2) is 64.0 Å². The van der Waals surface area contributed by atoms with Gasteiger partial charge in [0.15, 0.2) is 0 Å². The van der Waals surface area contributed by atoms with Crippen LogP contribution < -0.4 is 0 Å². The average Bonchev–Trinajstić information content (AvgIpc) is 3.51. The number of nitrogens with zero attached hydrogens (tertiary/aromatic N) is 4. The van der Waals surface area contributed by atoms with Gasteiger partial charge in [-0.15, -0.1) is 5.10 Å². The largest absolute Gasteiger partial charge is 0.490 e. The number of carbonyl (C=O) groups is 1. The summed E-state index contributed by atoms with van der Waals surface area (Å²) < 4.78 is 39.4. The van der Waals surface area contributed by atoms with Crippen molar-refractivity contribution in [1.82, 2.24) is 19.9 Å². The molecule has 1 atom stereocenters. The molecule has 4 rings (SSSR count). The molecule has 1 unspecified atom stereocenters. The quantitative estimate of drug-likeness (QED) is 0.803. The average molecular weight is 390 g/mol. The van der Waals surface area contributed by atoms with Gasteiger partial charge in [-0.2, -0.15) is 13.2 Å². The Morgan fingerprint density at radius 3 is 2.33 bits per heavy atom. The van der Waals surface area contributed by atoms with E-state index in [1.807, 2.05) is 0 Å². The van der Waals surface area contributed by atoms with Crippen LogP contribution in [0.15, 0.2) is 0 Å². The van der Waals surface area contributed by atoms with Crippen molar-refractivity contribution < 1.29 is 27.8 Å². The fourth-order valence-electron chi connectivity index (χ4n) is 3.32. The van der Waals surface area contributed by atoms with Crippen LogP contribution in [0.2, 0.25) is 0 Å². The van der Waals surface area contributed by atoms with Gasteiger partial charge in [-0.25, -0.2) is 9.48 Å². The van der Waals surface area contributed by atoms with E-state index >= 15 is 0 Å². The van der Waals surface area contributed by atoms with E-state index in [1.54, 1.807) is 7.11 Å². The second-order valence-corrected chi connectivity index (χ2v) is 7.51. The van der Waals surface area contributed by atoms with Gasteiger partial charge < -0.3 is 9.84 Å². The van der Waals surface area contributed by atoms with Gasteiger partial charge in [0.2, 0.25) is 0 Å². The summed E-state index contributed by atoms with van der Waals surface area (Å²) in [4.78, 5) is 11.5. The first-order chi connectivity index (χ1) is 12.8. The lowest BCUT2D eigenvalue weighted by atomic mass is 10.0. The molecule has 0 saturated heterocycles. The lowest BCUT2D eigenvalue weighted by Gasteiger charge is -2.34. The normalized spacial score (nSPS) is 22.7. The van der Waals surface area contributed by atoms with E-state index in [4.69, 9.17) is 14.6 Å². The molecule has 2 fully saturated rings. The predicted octanol–water partition coefficient (Wildman–Crippen LogP) is 2.28. The Balaban J connectivity index is 0.000000260. The molecular formula is C17H25F3N4O3. The van der Waals surface area contributed by atoms with Crippen molar-refractivity contribution >= 4 is 5.97 Å². The van der Waals surface area contributed by atoms with Gasteiger partial charge in [-0.05, 0) is 37.5 Å². The van der Waals surface area contributed by atoms with E-state index in [0.29, 0.717) is 6.04 Å². The summed E-state index contributed by atoms with van der Waals surface area (Å²) in [5, 5.41) is 16.1. The Kier molecular flexibility index (Phi) is 6.05. The SMILES string of the molecule is COCC1c2nnn(CC3CC3)c2CCN1CC1CC1.O=C(O)C(F)(F)F. The number of ether oxygens (including phenoxy) is 1. The first kappa shape index (κ1) is 20.1. The number of hydrogen-bond donors (Lipinski definition) is 1. The van der Waals surface area contributed by atoms with Crippen molar-refractivity contribution in [3.63, 3.8) is 0 Å². The van der Waals surface area contributed by atoms with Crippen LogP contribution in [0.5, 0.6) is 0 Å². The number of hydrogen-bond acceptors (Lipinski definition) is 5. The molecule has 3 aliphatic rings. The van der Waals surface area contributed by atoms with Crippen LogP contribution in [0.25, 0.3) is 0 Å². The molecule has 10 heteroatoms. The van der Waals surface area contributed by atoms with E-state index in [2.05, 4.69) is 19.9 Å². The van der Waals surface area contributed by atoms with Crippen LogP contribution in [0, 0.1) is 11.8 Å². The van der Waals surface area contributed by atoms with Crippen molar-refractivity contribution in [3.05, 3.63) is 11.4 Å². The van der Waals surface area contributed by atoms with E-state index in [1.165, 1.54) is 43.6 Å². The Hall–Kier alpha value is -1.68. The molecule has 0 aromatic carbocycles. The second-order valence-electron chi connectivity index (χ2n) is 7.51. The number of fused-ring (bicyclic) bond motifs is 1. The van der Waals surface area contributed by atoms with Gasteiger partial charge in [0.05, 0.1) is 18.3 Å². The summed E-state index contributed by atoms with van der Waals surface area (Å²) in [5.74, 6) is -0.990. The molecule has 1 aliphatic heterocycles. The van der Waals surface area contributed by atoms with Crippen LogP contribution in [0.4, 0.5) is 13.2 Å². The Morgan fingerprint density at radius 1 is 1.22 bits per heavy atom. The number of aliphatic carboxylic acids is 1. The maximum atomic E-state index is 10.6. The Bertz CT molecular complexity index is 656. The highest BCUT2D eigenvalue weighted by atomic mass is 19.4. The van der Waals surface area contributed by atoms with E-state index in [0.717, 1.165) is 38.0 Å². The molecule has 152 valence electrons. The van der Waals surface area contributed by atoms with Crippen molar-refractivity contribution in [2.75, 3.05) is 26.8 Å². The van der Waals surface area contributed by atoms with E-state index < -0.39 is 12.1 Å². The highest BCUT2D eigenvalue weighted by molar-refractivity contribution is 5.73. The summed E-state index contributed by atoms with van der Waals surface area (Å²) >= 11 is 0. The maximum absolute atomic E-state index is 10.6. The molecular weight excluding hydrogens is 365 g/mol. The molecule has 0 amide bonds. The van der Waals surface area contributed by atoms with Crippen LogP contribution in [0.1, 0.15) is 43.1 Å². The van der Waals surface area contributed by atoms with Crippen LogP contribution >= 0.6 is 0 Å². The second kappa shape index (κ2) is 8.14. The first-order valence-corrected chi connectivity index (χ1v) is 9.25. The molecule has 7 nitrogen and oxygen atoms in total. The number of carboxylic acids is 1. The van der Waals surface area contributed by atoms with Gasteiger partial charge in [-0.1, -0.05) is 5.21 Å². The van der Waals surface area contributed by atoms with E-state index in [9.17, 15) is 13.2 Å². The number of methoxy groups -OCH3 is 1. The van der Waals surface area contributed by atoms with E-state index in [-0.39, 0.29) is 0 Å². The molecule has 2 saturated carbocycles. The summed E-state index contributed by atoms with van der Waals surface area (Å²) in [6.07, 6.45) is 1.55. The number of rotatable bonds is 6. The molecule has 1 aromatic heterocycles. The predicted molar refractivity (Wildman–Crippen MR) is 89.1 cm³/mol. The smallest absolute Gasteiger partial charge is 0.475 e. The minimum absolute atomic E-state index is 0.317. The summed E-state index contributed by atoms with van der Waals surface area (Å²) in [6, 6.07) is 0.317. The first-order valence-electron chi connectivity index (χ1n) is 9.25. The monoisotopic (exact) mass is 390 g/mol. The maximum Gasteiger partial charge on any atom is 0.490 e. The third kappa shape index (κ3) is 5.41. The molecule has 0 spiro atoms. The topological polar surface area (TPSA) is 80.5 Å². The summed E-state index contributed by atoms with van der Waals surface area (Å²) in [5.41, 5.74) is 2.55.